The predicted molar refractivity (Wildman–Crippen MR) is 91.8 cm³/mol. The van der Waals surface area contributed by atoms with E-state index in [-0.39, 0.29) is 11.5 Å². The fraction of sp³-hybridized carbons (Fsp3) is 0.700. The van der Waals surface area contributed by atoms with E-state index in [0.717, 1.165) is 18.7 Å². The number of nitrogens with one attached hydrogen (secondary N) is 1. The van der Waals surface area contributed by atoms with E-state index in [1.54, 1.807) is 7.11 Å². The molecule has 3 nitrogen and oxygen atoms in total. The fourth-order valence-corrected chi connectivity index (χ4v) is 5.39. The molecule has 2 N–H and O–H groups in total. The highest BCUT2D eigenvalue weighted by atomic mass is 16.5. The number of aliphatic hydroxyl groups excluding tert-OH is 1. The number of aliphatic hydroxyl groups is 1. The summed E-state index contributed by atoms with van der Waals surface area (Å²) < 4.78 is 5.44. The van der Waals surface area contributed by atoms with Crippen LogP contribution < -0.4 is 10.1 Å². The van der Waals surface area contributed by atoms with Crippen LogP contribution in [0.3, 0.4) is 0 Å². The van der Waals surface area contributed by atoms with Crippen molar-refractivity contribution in [2.45, 2.75) is 62.5 Å². The molecule has 3 heteroatoms. The lowest BCUT2D eigenvalue weighted by Crippen LogP contribution is -2.44. The van der Waals surface area contributed by atoms with Crippen molar-refractivity contribution < 1.29 is 9.84 Å². The molecule has 126 valence electrons. The third-order valence-electron chi connectivity index (χ3n) is 6.77. The average molecular weight is 315 g/mol. The fourth-order valence-electron chi connectivity index (χ4n) is 5.39. The molecule has 3 fully saturated rings. The number of ether oxygens (including phenoxy) is 1. The van der Waals surface area contributed by atoms with Gasteiger partial charge < -0.3 is 15.2 Å². The van der Waals surface area contributed by atoms with E-state index in [4.69, 9.17) is 4.74 Å². The van der Waals surface area contributed by atoms with Crippen LogP contribution in [-0.2, 0) is 5.41 Å². The topological polar surface area (TPSA) is 41.5 Å². The van der Waals surface area contributed by atoms with Crippen LogP contribution in [0.5, 0.6) is 5.75 Å². The predicted octanol–water partition coefficient (Wildman–Crippen LogP) is 3.26. The van der Waals surface area contributed by atoms with Crippen molar-refractivity contribution in [3.8, 4) is 5.75 Å². The lowest BCUT2D eigenvalue weighted by atomic mass is 9.78. The van der Waals surface area contributed by atoms with E-state index < -0.39 is 0 Å². The molecular weight excluding hydrogens is 286 g/mol. The van der Waals surface area contributed by atoms with Gasteiger partial charge in [0.15, 0.2) is 0 Å². The van der Waals surface area contributed by atoms with Gasteiger partial charge in [-0.3, -0.25) is 0 Å². The minimum absolute atomic E-state index is 0.0307. The molecule has 0 aliphatic heterocycles. The Hall–Kier alpha value is -1.06. The zero-order valence-electron chi connectivity index (χ0n) is 14.1. The molecule has 0 amide bonds. The summed E-state index contributed by atoms with van der Waals surface area (Å²) in [5, 5.41) is 13.9. The summed E-state index contributed by atoms with van der Waals surface area (Å²) in [7, 11) is 1.75. The van der Waals surface area contributed by atoms with Gasteiger partial charge in [0.05, 0.1) is 13.2 Å². The lowest BCUT2D eigenvalue weighted by molar-refractivity contribution is 0.101. The van der Waals surface area contributed by atoms with Gasteiger partial charge in [0.2, 0.25) is 0 Å². The molecule has 3 aliphatic rings. The van der Waals surface area contributed by atoms with Crippen molar-refractivity contribution in [2.75, 3.05) is 13.7 Å². The molecular formula is C20H29NO2. The largest absolute Gasteiger partial charge is 0.497 e. The van der Waals surface area contributed by atoms with Gasteiger partial charge >= 0.3 is 0 Å². The molecule has 0 heterocycles. The van der Waals surface area contributed by atoms with Crippen LogP contribution in [0.15, 0.2) is 24.3 Å². The van der Waals surface area contributed by atoms with E-state index in [9.17, 15) is 5.11 Å². The first kappa shape index (κ1) is 15.5. The Morgan fingerprint density at radius 1 is 1.17 bits per heavy atom. The SMILES string of the molecule is COc1cccc(C2(CNC3C[C@@H]4C[C@H]3C[C@@H]4O)CCCC2)c1. The Morgan fingerprint density at radius 3 is 2.65 bits per heavy atom. The number of rotatable bonds is 5. The third kappa shape index (κ3) is 2.78. The van der Waals surface area contributed by atoms with Gasteiger partial charge in [-0.2, -0.15) is 0 Å². The summed E-state index contributed by atoms with van der Waals surface area (Å²) in [5.41, 5.74) is 1.71. The maximum Gasteiger partial charge on any atom is 0.119 e. The highest BCUT2D eigenvalue weighted by Gasteiger charge is 2.46. The molecule has 0 saturated heterocycles. The summed E-state index contributed by atoms with van der Waals surface area (Å²) in [5.74, 6) is 2.21. The van der Waals surface area contributed by atoms with Gasteiger partial charge in [0, 0.05) is 18.0 Å². The van der Waals surface area contributed by atoms with Crippen molar-refractivity contribution >= 4 is 0 Å². The molecule has 3 aliphatic carbocycles. The number of hydrogen-bond donors (Lipinski definition) is 2. The second-order valence-electron chi connectivity index (χ2n) is 8.00. The van der Waals surface area contributed by atoms with E-state index in [1.807, 2.05) is 6.07 Å². The third-order valence-corrected chi connectivity index (χ3v) is 6.77. The molecule has 1 unspecified atom stereocenters. The molecule has 1 aromatic rings. The quantitative estimate of drug-likeness (QED) is 0.876. The van der Waals surface area contributed by atoms with E-state index in [2.05, 4.69) is 23.5 Å². The minimum atomic E-state index is -0.0307. The Bertz CT molecular complexity index is 550. The highest BCUT2D eigenvalue weighted by Crippen LogP contribution is 2.46. The molecule has 4 atom stereocenters. The van der Waals surface area contributed by atoms with Crippen LogP contribution in [0.4, 0.5) is 0 Å². The van der Waals surface area contributed by atoms with Crippen molar-refractivity contribution in [3.05, 3.63) is 29.8 Å². The normalized spacial score (nSPS) is 34.9. The molecule has 0 aromatic heterocycles. The van der Waals surface area contributed by atoms with Crippen molar-refractivity contribution in [3.63, 3.8) is 0 Å². The van der Waals surface area contributed by atoms with E-state index in [0.29, 0.717) is 17.9 Å². The minimum Gasteiger partial charge on any atom is -0.497 e. The van der Waals surface area contributed by atoms with Gasteiger partial charge in [0.1, 0.15) is 5.75 Å². The van der Waals surface area contributed by atoms with Gasteiger partial charge in [-0.05, 0) is 61.6 Å². The molecule has 4 rings (SSSR count). The summed E-state index contributed by atoms with van der Waals surface area (Å²) in [6, 6.07) is 9.29. The highest BCUT2D eigenvalue weighted by molar-refractivity contribution is 5.35. The molecule has 0 spiro atoms. The van der Waals surface area contributed by atoms with Crippen LogP contribution in [0.1, 0.15) is 50.5 Å². The Labute approximate surface area is 139 Å². The first-order chi connectivity index (χ1) is 11.2. The zero-order valence-corrected chi connectivity index (χ0v) is 14.1. The first-order valence-corrected chi connectivity index (χ1v) is 9.26. The Balaban J connectivity index is 1.47. The van der Waals surface area contributed by atoms with E-state index >= 15 is 0 Å². The zero-order chi connectivity index (χ0) is 15.9. The number of methoxy groups -OCH3 is 1. The van der Waals surface area contributed by atoms with Crippen molar-refractivity contribution in [1.29, 1.82) is 0 Å². The van der Waals surface area contributed by atoms with E-state index in [1.165, 1.54) is 44.1 Å². The second kappa shape index (κ2) is 6.10. The Kier molecular flexibility index (Phi) is 4.10. The summed E-state index contributed by atoms with van der Waals surface area (Å²) in [6.45, 7) is 1.07. The first-order valence-electron chi connectivity index (χ1n) is 9.26. The second-order valence-corrected chi connectivity index (χ2v) is 8.00. The lowest BCUT2D eigenvalue weighted by Gasteiger charge is -2.34. The van der Waals surface area contributed by atoms with Crippen LogP contribution >= 0.6 is 0 Å². The molecule has 3 saturated carbocycles. The van der Waals surface area contributed by atoms with Crippen LogP contribution in [0.25, 0.3) is 0 Å². The maximum atomic E-state index is 9.96. The Morgan fingerprint density at radius 2 is 2.00 bits per heavy atom. The molecule has 2 bridgehead atoms. The summed E-state index contributed by atoms with van der Waals surface area (Å²) >= 11 is 0. The van der Waals surface area contributed by atoms with Gasteiger partial charge in [-0.1, -0.05) is 25.0 Å². The van der Waals surface area contributed by atoms with Crippen LogP contribution in [0, 0.1) is 11.8 Å². The smallest absolute Gasteiger partial charge is 0.119 e. The summed E-state index contributed by atoms with van der Waals surface area (Å²) in [4.78, 5) is 0. The molecule has 0 radical (unpaired) electrons. The molecule has 1 aromatic carbocycles. The molecule has 23 heavy (non-hydrogen) atoms. The summed E-state index contributed by atoms with van der Waals surface area (Å²) in [6.07, 6.45) is 8.58. The number of fused-ring (bicyclic) bond motifs is 2. The van der Waals surface area contributed by atoms with Gasteiger partial charge in [0.25, 0.3) is 0 Å². The average Bonchev–Trinajstić information content (AvgIpc) is 3.28. The number of hydrogen-bond acceptors (Lipinski definition) is 3. The van der Waals surface area contributed by atoms with Gasteiger partial charge in [-0.15, -0.1) is 0 Å². The van der Waals surface area contributed by atoms with Gasteiger partial charge in [-0.25, -0.2) is 0 Å². The maximum absolute atomic E-state index is 9.96. The van der Waals surface area contributed by atoms with Crippen LogP contribution in [-0.4, -0.2) is 30.9 Å². The van der Waals surface area contributed by atoms with Crippen LogP contribution in [0.2, 0.25) is 0 Å². The van der Waals surface area contributed by atoms with Crippen molar-refractivity contribution in [1.82, 2.24) is 5.32 Å². The monoisotopic (exact) mass is 315 g/mol. The van der Waals surface area contributed by atoms with Crippen molar-refractivity contribution in [2.24, 2.45) is 11.8 Å². The standard InChI is InChI=1S/C20H29NO2/c1-23-17-6-4-5-16(12-17)20(7-2-3-8-20)13-21-18-10-15-9-14(18)11-19(15)22/h4-6,12,14-15,18-19,21-22H,2-3,7-11,13H2,1H3/t14-,15-,18?,19-/m0/s1. The number of benzene rings is 1.